The highest BCUT2D eigenvalue weighted by Crippen LogP contribution is 2.14. The SMILES string of the molecule is C/N=C(\C)N(C)CC(C)(C)C. The Bertz CT molecular complexity index is 142. The summed E-state index contributed by atoms with van der Waals surface area (Å²) in [5.74, 6) is 1.10. The first-order valence-electron chi connectivity index (χ1n) is 4.01. The lowest BCUT2D eigenvalue weighted by molar-refractivity contribution is 0.305. The van der Waals surface area contributed by atoms with Gasteiger partial charge in [0.25, 0.3) is 0 Å². The van der Waals surface area contributed by atoms with Gasteiger partial charge >= 0.3 is 0 Å². The molecule has 2 heteroatoms. The molecule has 0 N–H and O–H groups in total. The molecule has 0 amide bonds. The zero-order valence-corrected chi connectivity index (χ0v) is 8.60. The lowest BCUT2D eigenvalue weighted by atomic mass is 9.96. The van der Waals surface area contributed by atoms with Gasteiger partial charge in [0, 0.05) is 20.6 Å². The third-order valence-corrected chi connectivity index (χ3v) is 1.59. The number of amidine groups is 1. The molecule has 0 aliphatic rings. The Hall–Kier alpha value is -0.530. The molecular weight excluding hydrogens is 136 g/mol. The summed E-state index contributed by atoms with van der Waals surface area (Å²) < 4.78 is 0. The van der Waals surface area contributed by atoms with E-state index >= 15 is 0 Å². The monoisotopic (exact) mass is 156 g/mol. The van der Waals surface area contributed by atoms with Crippen molar-refractivity contribution in [1.82, 2.24) is 4.90 Å². The molecule has 0 saturated heterocycles. The van der Waals surface area contributed by atoms with E-state index in [2.05, 4.69) is 37.7 Å². The van der Waals surface area contributed by atoms with E-state index in [1.54, 1.807) is 0 Å². The zero-order valence-electron chi connectivity index (χ0n) is 8.60. The summed E-state index contributed by atoms with van der Waals surface area (Å²) >= 11 is 0. The quantitative estimate of drug-likeness (QED) is 0.419. The van der Waals surface area contributed by atoms with Gasteiger partial charge in [-0.15, -0.1) is 0 Å². The molecule has 0 aliphatic heterocycles. The molecule has 0 rings (SSSR count). The van der Waals surface area contributed by atoms with E-state index < -0.39 is 0 Å². The smallest absolute Gasteiger partial charge is 0.0951 e. The van der Waals surface area contributed by atoms with Gasteiger partial charge in [-0.25, -0.2) is 0 Å². The van der Waals surface area contributed by atoms with Crippen LogP contribution in [0, 0.1) is 5.41 Å². The highest BCUT2D eigenvalue weighted by Gasteiger charge is 2.13. The standard InChI is InChI=1S/C9H20N2/c1-8(10-5)11(6)7-9(2,3)4/h7H2,1-6H3/b10-8+. The summed E-state index contributed by atoms with van der Waals surface area (Å²) in [6.45, 7) is 9.77. The van der Waals surface area contributed by atoms with Crippen molar-refractivity contribution < 1.29 is 0 Å². The Kier molecular flexibility index (Phi) is 3.56. The minimum absolute atomic E-state index is 0.348. The van der Waals surface area contributed by atoms with E-state index in [1.807, 2.05) is 14.0 Å². The van der Waals surface area contributed by atoms with Crippen LogP contribution in [-0.4, -0.2) is 31.4 Å². The molecular formula is C9H20N2. The molecule has 0 saturated carbocycles. The van der Waals surface area contributed by atoms with E-state index in [0.29, 0.717) is 5.41 Å². The molecule has 0 spiro atoms. The number of nitrogens with zero attached hydrogens (tertiary/aromatic N) is 2. The number of hydrogen-bond acceptors (Lipinski definition) is 1. The maximum Gasteiger partial charge on any atom is 0.0951 e. The third-order valence-electron chi connectivity index (χ3n) is 1.59. The van der Waals surface area contributed by atoms with Gasteiger partial charge in [-0.3, -0.25) is 4.99 Å². The van der Waals surface area contributed by atoms with Crippen LogP contribution in [0.4, 0.5) is 0 Å². The predicted molar refractivity (Wildman–Crippen MR) is 51.1 cm³/mol. The van der Waals surface area contributed by atoms with Gasteiger partial charge in [0.1, 0.15) is 0 Å². The fourth-order valence-corrected chi connectivity index (χ4v) is 0.997. The Labute approximate surface area is 70.3 Å². The highest BCUT2D eigenvalue weighted by atomic mass is 15.2. The second kappa shape index (κ2) is 3.74. The van der Waals surface area contributed by atoms with Gasteiger partial charge in [0.15, 0.2) is 0 Å². The number of rotatable bonds is 1. The van der Waals surface area contributed by atoms with Crippen LogP contribution in [0.25, 0.3) is 0 Å². The maximum atomic E-state index is 4.12. The van der Waals surface area contributed by atoms with Crippen LogP contribution < -0.4 is 0 Å². The van der Waals surface area contributed by atoms with Crippen molar-refractivity contribution in [2.75, 3.05) is 20.6 Å². The van der Waals surface area contributed by atoms with Crippen LogP contribution in [0.3, 0.4) is 0 Å². The molecule has 0 aromatic rings. The number of aliphatic imine (C=N–C) groups is 1. The molecule has 0 atom stereocenters. The number of hydrogen-bond donors (Lipinski definition) is 0. The lowest BCUT2D eigenvalue weighted by Crippen LogP contribution is -2.32. The topological polar surface area (TPSA) is 15.6 Å². The van der Waals surface area contributed by atoms with E-state index in [9.17, 15) is 0 Å². The molecule has 0 unspecified atom stereocenters. The van der Waals surface area contributed by atoms with Crippen molar-refractivity contribution in [2.24, 2.45) is 10.4 Å². The summed E-state index contributed by atoms with van der Waals surface area (Å²) in [6.07, 6.45) is 0. The van der Waals surface area contributed by atoms with Gasteiger partial charge < -0.3 is 4.90 Å². The average molecular weight is 156 g/mol. The lowest BCUT2D eigenvalue weighted by Gasteiger charge is -2.27. The van der Waals surface area contributed by atoms with E-state index in [4.69, 9.17) is 0 Å². The largest absolute Gasteiger partial charge is 0.363 e. The Morgan fingerprint density at radius 2 is 1.82 bits per heavy atom. The Balaban J connectivity index is 3.98. The molecule has 0 aromatic heterocycles. The van der Waals surface area contributed by atoms with Gasteiger partial charge in [-0.1, -0.05) is 20.8 Å². The first kappa shape index (κ1) is 10.5. The second-order valence-corrected chi connectivity index (χ2v) is 4.19. The molecule has 66 valence electrons. The molecule has 11 heavy (non-hydrogen) atoms. The first-order valence-corrected chi connectivity index (χ1v) is 4.01. The maximum absolute atomic E-state index is 4.12. The van der Waals surface area contributed by atoms with Crippen molar-refractivity contribution in [3.8, 4) is 0 Å². The van der Waals surface area contributed by atoms with Crippen LogP contribution >= 0.6 is 0 Å². The Morgan fingerprint density at radius 1 is 1.36 bits per heavy atom. The molecule has 2 nitrogen and oxygen atoms in total. The average Bonchev–Trinajstić information content (AvgIpc) is 1.82. The normalized spacial score (nSPS) is 13.5. The molecule has 0 aromatic carbocycles. The molecule has 0 radical (unpaired) electrons. The van der Waals surface area contributed by atoms with Crippen molar-refractivity contribution >= 4 is 5.84 Å². The van der Waals surface area contributed by atoms with Gasteiger partial charge in [0.2, 0.25) is 0 Å². The van der Waals surface area contributed by atoms with Gasteiger partial charge in [0.05, 0.1) is 5.84 Å². The zero-order chi connectivity index (χ0) is 9.07. The molecule has 0 fully saturated rings. The Morgan fingerprint density at radius 3 is 2.09 bits per heavy atom. The second-order valence-electron chi connectivity index (χ2n) is 4.19. The minimum Gasteiger partial charge on any atom is -0.363 e. The minimum atomic E-state index is 0.348. The van der Waals surface area contributed by atoms with Crippen LogP contribution in [0.2, 0.25) is 0 Å². The summed E-state index contributed by atoms with van der Waals surface area (Å²) in [5.41, 5.74) is 0.348. The summed E-state index contributed by atoms with van der Waals surface area (Å²) in [6, 6.07) is 0. The van der Waals surface area contributed by atoms with Crippen LogP contribution in [0.1, 0.15) is 27.7 Å². The predicted octanol–water partition coefficient (Wildman–Crippen LogP) is 2.01. The van der Waals surface area contributed by atoms with Crippen LogP contribution in [0.15, 0.2) is 4.99 Å². The summed E-state index contributed by atoms with van der Waals surface area (Å²) in [5, 5.41) is 0. The van der Waals surface area contributed by atoms with Crippen molar-refractivity contribution in [3.05, 3.63) is 0 Å². The molecule has 0 aliphatic carbocycles. The van der Waals surface area contributed by atoms with Gasteiger partial charge in [-0.05, 0) is 12.3 Å². The first-order chi connectivity index (χ1) is 4.87. The fourth-order valence-electron chi connectivity index (χ4n) is 0.997. The third kappa shape index (κ3) is 4.82. The highest BCUT2D eigenvalue weighted by molar-refractivity contribution is 5.79. The summed E-state index contributed by atoms with van der Waals surface area (Å²) in [7, 11) is 3.90. The van der Waals surface area contributed by atoms with Gasteiger partial charge in [-0.2, -0.15) is 0 Å². The van der Waals surface area contributed by atoms with E-state index in [-0.39, 0.29) is 0 Å². The van der Waals surface area contributed by atoms with Crippen molar-refractivity contribution in [3.63, 3.8) is 0 Å². The van der Waals surface area contributed by atoms with E-state index in [0.717, 1.165) is 12.4 Å². The van der Waals surface area contributed by atoms with Crippen LogP contribution in [-0.2, 0) is 0 Å². The fraction of sp³-hybridized carbons (Fsp3) is 0.889. The summed E-state index contributed by atoms with van der Waals surface area (Å²) in [4.78, 5) is 6.30. The molecule has 0 bridgehead atoms. The van der Waals surface area contributed by atoms with E-state index in [1.165, 1.54) is 0 Å². The molecule has 0 heterocycles. The van der Waals surface area contributed by atoms with Crippen LogP contribution in [0.5, 0.6) is 0 Å². The van der Waals surface area contributed by atoms with Crippen molar-refractivity contribution in [2.45, 2.75) is 27.7 Å². The van der Waals surface area contributed by atoms with Crippen molar-refractivity contribution in [1.29, 1.82) is 0 Å².